The maximum Gasteiger partial charge on any atom is 0.372 e. The van der Waals surface area contributed by atoms with Crippen molar-refractivity contribution in [3.8, 4) is 17.6 Å². The molecule has 0 N–H and O–H groups in total. The van der Waals surface area contributed by atoms with E-state index in [1.807, 2.05) is 0 Å². The van der Waals surface area contributed by atoms with Crippen LogP contribution in [-0.2, 0) is 0 Å². The quantitative estimate of drug-likeness (QED) is 0.629. The average Bonchev–Trinajstić information content (AvgIpc) is 2.65. The Labute approximate surface area is 169 Å². The van der Waals surface area contributed by atoms with Crippen LogP contribution in [0.15, 0.2) is 47.4 Å². The van der Waals surface area contributed by atoms with Gasteiger partial charge in [-0.1, -0.05) is 46.9 Å². The predicted molar refractivity (Wildman–Crippen MR) is 103 cm³/mol. The summed E-state index contributed by atoms with van der Waals surface area (Å²) in [7, 11) is 1.38. The number of aromatic nitrogens is 3. The first-order chi connectivity index (χ1) is 12.9. The lowest BCUT2D eigenvalue weighted by Crippen LogP contribution is -2.24. The molecule has 0 amide bonds. The van der Waals surface area contributed by atoms with Gasteiger partial charge in [0, 0.05) is 20.6 Å². The number of nitriles is 1. The molecule has 27 heavy (non-hydrogen) atoms. The Kier molecular flexibility index (Phi) is 5.66. The van der Waals surface area contributed by atoms with Gasteiger partial charge in [0.25, 0.3) is 0 Å². The molecule has 6 nitrogen and oxygen atoms in total. The van der Waals surface area contributed by atoms with Crippen LogP contribution in [0.3, 0.4) is 0 Å². The van der Waals surface area contributed by atoms with Gasteiger partial charge >= 0.3 is 5.69 Å². The normalized spacial score (nSPS) is 11.7. The minimum Gasteiger partial charge on any atom is -0.480 e. The molecule has 0 saturated heterocycles. The lowest BCUT2D eigenvalue weighted by molar-refractivity contribution is 0.389. The molecule has 1 heterocycles. The fourth-order valence-electron chi connectivity index (χ4n) is 2.53. The maximum atomic E-state index is 12.1. The molecule has 1 unspecified atom stereocenters. The SMILES string of the molecule is COc1cnn(-c2cc(Cl)c(C(C#N)c3ccc(Cl)cc3)c(Cl)c2)c(=O)n1. The van der Waals surface area contributed by atoms with E-state index in [4.69, 9.17) is 39.5 Å². The van der Waals surface area contributed by atoms with Crippen molar-refractivity contribution in [3.05, 3.63) is 79.3 Å². The van der Waals surface area contributed by atoms with Gasteiger partial charge in [-0.25, -0.2) is 4.79 Å². The van der Waals surface area contributed by atoms with Crippen LogP contribution in [0.25, 0.3) is 5.69 Å². The Bertz CT molecular complexity index is 1070. The molecule has 0 bridgehead atoms. The number of methoxy groups -OCH3 is 1. The van der Waals surface area contributed by atoms with Crippen LogP contribution >= 0.6 is 34.8 Å². The van der Waals surface area contributed by atoms with Crippen molar-refractivity contribution >= 4 is 34.8 Å². The zero-order valence-electron chi connectivity index (χ0n) is 13.9. The van der Waals surface area contributed by atoms with Gasteiger partial charge < -0.3 is 4.74 Å². The summed E-state index contributed by atoms with van der Waals surface area (Å²) in [6.45, 7) is 0. The highest BCUT2D eigenvalue weighted by Crippen LogP contribution is 2.37. The largest absolute Gasteiger partial charge is 0.480 e. The zero-order chi connectivity index (χ0) is 19.6. The lowest BCUT2D eigenvalue weighted by atomic mass is 9.92. The molecule has 1 atom stereocenters. The van der Waals surface area contributed by atoms with E-state index in [1.165, 1.54) is 25.4 Å². The maximum absolute atomic E-state index is 12.1. The fraction of sp³-hybridized carbons (Fsp3) is 0.111. The summed E-state index contributed by atoms with van der Waals surface area (Å²) in [6, 6.07) is 12.0. The van der Waals surface area contributed by atoms with Gasteiger partial charge in [0.15, 0.2) is 0 Å². The van der Waals surface area contributed by atoms with E-state index in [2.05, 4.69) is 16.2 Å². The van der Waals surface area contributed by atoms with Crippen LogP contribution < -0.4 is 10.4 Å². The summed E-state index contributed by atoms with van der Waals surface area (Å²) < 4.78 is 5.91. The molecular formula is C18H11Cl3N4O2. The first kappa shape index (κ1) is 19.2. The number of hydrogen-bond donors (Lipinski definition) is 0. The van der Waals surface area contributed by atoms with Crippen LogP contribution in [0.4, 0.5) is 0 Å². The summed E-state index contributed by atoms with van der Waals surface area (Å²) in [5.74, 6) is -0.604. The Morgan fingerprint density at radius 1 is 1.15 bits per heavy atom. The zero-order valence-corrected chi connectivity index (χ0v) is 16.1. The lowest BCUT2D eigenvalue weighted by Gasteiger charge is -2.15. The smallest absolute Gasteiger partial charge is 0.372 e. The fourth-order valence-corrected chi connectivity index (χ4v) is 3.35. The highest BCUT2D eigenvalue weighted by Gasteiger charge is 2.21. The van der Waals surface area contributed by atoms with Crippen molar-refractivity contribution in [2.75, 3.05) is 7.11 Å². The molecule has 2 aromatic carbocycles. The highest BCUT2D eigenvalue weighted by molar-refractivity contribution is 6.36. The molecule has 0 aliphatic rings. The summed E-state index contributed by atoms with van der Waals surface area (Å²) in [5, 5.41) is 14.6. The minimum atomic E-state index is -0.699. The van der Waals surface area contributed by atoms with Crippen LogP contribution in [0.1, 0.15) is 17.0 Å². The Morgan fingerprint density at radius 2 is 1.78 bits per heavy atom. The van der Waals surface area contributed by atoms with E-state index >= 15 is 0 Å². The second-order valence-electron chi connectivity index (χ2n) is 5.43. The number of halogens is 3. The standard InChI is InChI=1S/C18H11Cl3N4O2/c1-27-16-9-23-25(18(26)24-16)12-6-14(20)17(15(21)7-12)13(8-22)10-2-4-11(19)5-3-10/h2-7,9,13H,1H3. The van der Waals surface area contributed by atoms with Gasteiger partial charge in [-0.3, -0.25) is 0 Å². The summed E-state index contributed by atoms with van der Waals surface area (Å²) in [6.07, 6.45) is 1.29. The predicted octanol–water partition coefficient (Wildman–Crippen LogP) is 4.25. The van der Waals surface area contributed by atoms with Crippen LogP contribution in [0.2, 0.25) is 15.1 Å². The molecule has 136 valence electrons. The van der Waals surface area contributed by atoms with E-state index in [1.54, 1.807) is 24.3 Å². The summed E-state index contributed by atoms with van der Waals surface area (Å²) >= 11 is 18.7. The Morgan fingerprint density at radius 3 is 2.30 bits per heavy atom. The molecule has 0 spiro atoms. The minimum absolute atomic E-state index is 0.0948. The second-order valence-corrected chi connectivity index (χ2v) is 6.68. The molecule has 0 radical (unpaired) electrons. The highest BCUT2D eigenvalue weighted by atomic mass is 35.5. The van der Waals surface area contributed by atoms with E-state index in [0.29, 0.717) is 21.8 Å². The number of hydrogen-bond acceptors (Lipinski definition) is 5. The molecule has 1 aromatic heterocycles. The third-order valence-corrected chi connectivity index (χ3v) is 4.69. The molecule has 0 aliphatic heterocycles. The van der Waals surface area contributed by atoms with Gasteiger partial charge in [0.05, 0.1) is 24.8 Å². The van der Waals surface area contributed by atoms with Crippen molar-refractivity contribution in [3.63, 3.8) is 0 Å². The molecule has 3 aromatic rings. The molecule has 0 fully saturated rings. The van der Waals surface area contributed by atoms with E-state index in [-0.39, 0.29) is 15.9 Å². The number of rotatable bonds is 4. The van der Waals surface area contributed by atoms with E-state index < -0.39 is 11.6 Å². The van der Waals surface area contributed by atoms with Gasteiger partial charge in [0.2, 0.25) is 5.88 Å². The Hall–Kier alpha value is -2.59. The molecular weight excluding hydrogens is 411 g/mol. The molecule has 3 rings (SSSR count). The van der Waals surface area contributed by atoms with Crippen molar-refractivity contribution < 1.29 is 4.74 Å². The Balaban J connectivity index is 2.09. The molecule has 0 aliphatic carbocycles. The van der Waals surface area contributed by atoms with Crippen molar-refractivity contribution in [1.29, 1.82) is 5.26 Å². The van der Waals surface area contributed by atoms with E-state index in [9.17, 15) is 10.1 Å². The number of ether oxygens (including phenoxy) is 1. The van der Waals surface area contributed by atoms with Crippen molar-refractivity contribution in [2.45, 2.75) is 5.92 Å². The number of benzene rings is 2. The first-order valence-electron chi connectivity index (χ1n) is 7.59. The first-order valence-corrected chi connectivity index (χ1v) is 8.72. The van der Waals surface area contributed by atoms with Crippen LogP contribution in [0.5, 0.6) is 5.88 Å². The van der Waals surface area contributed by atoms with Crippen LogP contribution in [-0.4, -0.2) is 21.9 Å². The van der Waals surface area contributed by atoms with Crippen molar-refractivity contribution in [1.82, 2.24) is 14.8 Å². The summed E-state index contributed by atoms with van der Waals surface area (Å²) in [5.41, 5.74) is 0.798. The van der Waals surface area contributed by atoms with Gasteiger partial charge in [-0.15, -0.1) is 0 Å². The number of nitrogens with zero attached hydrogens (tertiary/aromatic N) is 4. The summed E-state index contributed by atoms with van der Waals surface area (Å²) in [4.78, 5) is 15.8. The topological polar surface area (TPSA) is 80.8 Å². The third kappa shape index (κ3) is 3.91. The monoisotopic (exact) mass is 420 g/mol. The van der Waals surface area contributed by atoms with Gasteiger partial charge in [-0.2, -0.15) is 20.0 Å². The van der Waals surface area contributed by atoms with E-state index in [0.717, 1.165) is 4.68 Å². The van der Waals surface area contributed by atoms with Gasteiger partial charge in [-0.05, 0) is 29.8 Å². The van der Waals surface area contributed by atoms with Crippen LogP contribution in [0, 0.1) is 11.3 Å². The van der Waals surface area contributed by atoms with Crippen molar-refractivity contribution in [2.24, 2.45) is 0 Å². The van der Waals surface area contributed by atoms with Gasteiger partial charge in [0.1, 0.15) is 6.20 Å². The molecule has 9 heteroatoms. The average molecular weight is 422 g/mol. The third-order valence-electron chi connectivity index (χ3n) is 3.81. The molecule has 0 saturated carbocycles. The second kappa shape index (κ2) is 7.97.